The van der Waals surface area contributed by atoms with Crippen molar-refractivity contribution in [2.24, 2.45) is 7.05 Å². The van der Waals surface area contributed by atoms with E-state index in [9.17, 15) is 5.11 Å². The Morgan fingerprint density at radius 1 is 1.50 bits per heavy atom. The molecule has 0 radical (unpaired) electrons. The standard InChI is InChI=1S/C7H8INO/c1-5-3-4-6(10)7(8)9(5)2/h3-4H,1-2H3/p+1. The van der Waals surface area contributed by atoms with Crippen molar-refractivity contribution < 1.29 is 9.67 Å². The van der Waals surface area contributed by atoms with Gasteiger partial charge in [-0.3, -0.25) is 0 Å². The fourth-order valence-electron chi connectivity index (χ4n) is 0.707. The van der Waals surface area contributed by atoms with Crippen LogP contribution in [0.15, 0.2) is 12.1 Å². The van der Waals surface area contributed by atoms with Crippen molar-refractivity contribution in [1.29, 1.82) is 0 Å². The Kier molecular flexibility index (Phi) is 2.13. The van der Waals surface area contributed by atoms with Gasteiger partial charge in [-0.25, -0.2) is 0 Å². The molecule has 0 bridgehead atoms. The van der Waals surface area contributed by atoms with Crippen LogP contribution < -0.4 is 4.57 Å². The largest absolute Gasteiger partial charge is 0.502 e. The van der Waals surface area contributed by atoms with Crippen LogP contribution in [0.2, 0.25) is 0 Å². The quantitative estimate of drug-likeness (QED) is 0.416. The Hall–Kier alpha value is -0.320. The minimum atomic E-state index is 0.341. The number of nitrogens with zero attached hydrogens (tertiary/aromatic N) is 1. The molecule has 0 aromatic carbocycles. The van der Waals surface area contributed by atoms with Crippen molar-refractivity contribution in [2.45, 2.75) is 6.92 Å². The summed E-state index contributed by atoms with van der Waals surface area (Å²) in [5.74, 6) is 0.341. The molecule has 1 aromatic rings. The maximum atomic E-state index is 9.20. The van der Waals surface area contributed by atoms with Gasteiger partial charge in [0.1, 0.15) is 7.05 Å². The highest BCUT2D eigenvalue weighted by Crippen LogP contribution is 2.13. The van der Waals surface area contributed by atoms with E-state index in [1.54, 1.807) is 6.07 Å². The first-order valence-corrected chi connectivity index (χ1v) is 4.05. The van der Waals surface area contributed by atoms with Gasteiger partial charge in [0.2, 0.25) is 0 Å². The van der Waals surface area contributed by atoms with Crippen LogP contribution in [0.5, 0.6) is 5.75 Å². The fourth-order valence-corrected chi connectivity index (χ4v) is 1.27. The highest BCUT2D eigenvalue weighted by atomic mass is 127. The van der Waals surface area contributed by atoms with Gasteiger partial charge in [-0.1, -0.05) is 0 Å². The summed E-state index contributed by atoms with van der Waals surface area (Å²) in [4.78, 5) is 0. The lowest BCUT2D eigenvalue weighted by atomic mass is 10.3. The topological polar surface area (TPSA) is 24.1 Å². The van der Waals surface area contributed by atoms with E-state index in [1.807, 2.05) is 24.6 Å². The van der Waals surface area contributed by atoms with E-state index in [1.165, 1.54) is 0 Å². The lowest BCUT2D eigenvalue weighted by Crippen LogP contribution is -2.35. The Morgan fingerprint density at radius 3 is 2.60 bits per heavy atom. The average Bonchev–Trinajstić information content (AvgIpc) is 1.93. The fraction of sp³-hybridized carbons (Fsp3) is 0.286. The van der Waals surface area contributed by atoms with Gasteiger partial charge < -0.3 is 5.11 Å². The molecule has 0 atom stereocenters. The smallest absolute Gasteiger partial charge is 0.283 e. The van der Waals surface area contributed by atoms with Gasteiger partial charge in [0, 0.05) is 35.6 Å². The first kappa shape index (κ1) is 7.78. The van der Waals surface area contributed by atoms with Crippen molar-refractivity contribution in [1.82, 2.24) is 0 Å². The molecule has 2 nitrogen and oxygen atoms in total. The molecule has 54 valence electrons. The van der Waals surface area contributed by atoms with Gasteiger partial charge in [-0.2, -0.15) is 4.57 Å². The third kappa shape index (κ3) is 1.23. The minimum Gasteiger partial charge on any atom is -0.502 e. The summed E-state index contributed by atoms with van der Waals surface area (Å²) in [7, 11) is 1.93. The SMILES string of the molecule is Cc1ccc(O)c(I)[n+]1C. The lowest BCUT2D eigenvalue weighted by molar-refractivity contribution is -0.690. The molecule has 0 saturated carbocycles. The van der Waals surface area contributed by atoms with Crippen molar-refractivity contribution in [3.63, 3.8) is 0 Å². The number of aromatic nitrogens is 1. The number of aromatic hydroxyl groups is 1. The normalized spacial score (nSPS) is 9.90. The van der Waals surface area contributed by atoms with Crippen LogP contribution in [0.25, 0.3) is 0 Å². The molecular formula is C7H9INO+. The Labute approximate surface area is 73.6 Å². The molecule has 1 aromatic heterocycles. The number of rotatable bonds is 0. The lowest BCUT2D eigenvalue weighted by Gasteiger charge is -1.96. The number of pyridine rings is 1. The molecule has 10 heavy (non-hydrogen) atoms. The van der Waals surface area contributed by atoms with E-state index in [-0.39, 0.29) is 0 Å². The summed E-state index contributed by atoms with van der Waals surface area (Å²) in [6, 6.07) is 3.59. The second-order valence-corrected chi connectivity index (χ2v) is 3.23. The number of hydrogen-bond donors (Lipinski definition) is 1. The molecule has 0 spiro atoms. The molecule has 1 N–H and O–H groups in total. The third-order valence-electron chi connectivity index (χ3n) is 1.52. The first-order chi connectivity index (χ1) is 4.63. The van der Waals surface area contributed by atoms with Gasteiger partial charge in [-0.05, 0) is 6.07 Å². The van der Waals surface area contributed by atoms with Crippen LogP contribution in [0, 0.1) is 10.6 Å². The van der Waals surface area contributed by atoms with E-state index >= 15 is 0 Å². The molecule has 1 heterocycles. The van der Waals surface area contributed by atoms with Gasteiger partial charge in [0.15, 0.2) is 11.4 Å². The second-order valence-electron chi connectivity index (χ2n) is 2.21. The Bertz CT molecular complexity index is 233. The molecule has 0 amide bonds. The minimum absolute atomic E-state index is 0.341. The summed E-state index contributed by atoms with van der Waals surface area (Å²) in [6.45, 7) is 2.00. The van der Waals surface area contributed by atoms with Crippen LogP contribution in [0.1, 0.15) is 5.69 Å². The van der Waals surface area contributed by atoms with E-state index in [2.05, 4.69) is 22.6 Å². The number of hydrogen-bond acceptors (Lipinski definition) is 1. The van der Waals surface area contributed by atoms with Crippen LogP contribution >= 0.6 is 22.6 Å². The Morgan fingerprint density at radius 2 is 2.10 bits per heavy atom. The maximum absolute atomic E-state index is 9.20. The predicted octanol–water partition coefficient (Wildman–Crippen LogP) is 1.13. The van der Waals surface area contributed by atoms with E-state index in [0.29, 0.717) is 5.75 Å². The molecule has 0 saturated heterocycles. The molecular weight excluding hydrogens is 241 g/mol. The highest BCUT2D eigenvalue weighted by Gasteiger charge is 2.10. The molecule has 0 fully saturated rings. The Balaban J connectivity index is 3.34. The second kappa shape index (κ2) is 2.74. The molecule has 0 aliphatic heterocycles. The van der Waals surface area contributed by atoms with Crippen molar-refractivity contribution in [2.75, 3.05) is 0 Å². The van der Waals surface area contributed by atoms with Crippen LogP contribution in [0.4, 0.5) is 0 Å². The zero-order chi connectivity index (χ0) is 7.72. The zero-order valence-corrected chi connectivity index (χ0v) is 8.08. The van der Waals surface area contributed by atoms with Crippen molar-refractivity contribution >= 4 is 22.6 Å². The van der Waals surface area contributed by atoms with E-state index in [4.69, 9.17) is 0 Å². The van der Waals surface area contributed by atoms with Gasteiger partial charge in [-0.15, -0.1) is 0 Å². The van der Waals surface area contributed by atoms with Crippen molar-refractivity contribution in [3.05, 3.63) is 21.5 Å². The monoisotopic (exact) mass is 250 g/mol. The molecule has 0 aliphatic carbocycles. The highest BCUT2D eigenvalue weighted by molar-refractivity contribution is 14.1. The van der Waals surface area contributed by atoms with Crippen LogP contribution in [0.3, 0.4) is 0 Å². The number of aryl methyl sites for hydroxylation is 1. The summed E-state index contributed by atoms with van der Waals surface area (Å²) in [5.41, 5.74) is 1.14. The average molecular weight is 250 g/mol. The molecule has 1 rings (SSSR count). The maximum Gasteiger partial charge on any atom is 0.283 e. The summed E-state index contributed by atoms with van der Waals surface area (Å²) >= 11 is 2.11. The van der Waals surface area contributed by atoms with Crippen LogP contribution in [-0.2, 0) is 7.05 Å². The van der Waals surface area contributed by atoms with Gasteiger partial charge >= 0.3 is 0 Å². The molecule has 0 aliphatic rings. The third-order valence-corrected chi connectivity index (χ3v) is 2.79. The van der Waals surface area contributed by atoms with E-state index in [0.717, 1.165) is 9.39 Å². The van der Waals surface area contributed by atoms with E-state index < -0.39 is 0 Å². The predicted molar refractivity (Wildman–Crippen MR) is 46.7 cm³/mol. The first-order valence-electron chi connectivity index (χ1n) is 2.97. The van der Waals surface area contributed by atoms with Gasteiger partial charge in [0.05, 0.1) is 0 Å². The summed E-state index contributed by atoms with van der Waals surface area (Å²) < 4.78 is 2.81. The summed E-state index contributed by atoms with van der Waals surface area (Å²) in [6.07, 6.45) is 0. The zero-order valence-electron chi connectivity index (χ0n) is 5.93. The number of halogens is 1. The molecule has 3 heteroatoms. The summed E-state index contributed by atoms with van der Waals surface area (Å²) in [5, 5.41) is 9.20. The van der Waals surface area contributed by atoms with Crippen molar-refractivity contribution in [3.8, 4) is 5.75 Å². The van der Waals surface area contributed by atoms with Crippen LogP contribution in [-0.4, -0.2) is 5.11 Å². The molecule has 0 unspecified atom stereocenters. The van der Waals surface area contributed by atoms with Gasteiger partial charge in [0.25, 0.3) is 3.70 Å².